The van der Waals surface area contributed by atoms with Crippen LogP contribution < -0.4 is 16.2 Å². The molecule has 0 bridgehead atoms. The number of benzene rings is 1. The number of hydrogen-bond acceptors (Lipinski definition) is 4. The number of H-pyrrole nitrogens is 1. The third kappa shape index (κ3) is 2.58. The molecule has 1 aliphatic rings. The van der Waals surface area contributed by atoms with Crippen LogP contribution in [0.15, 0.2) is 29.1 Å². The standard InChI is InChI=1S/C16H18N4O3/c1-17-15(23)16(8-4-5-9-16)18-14(22)12-10-6-2-3-7-11(10)13(21)20-19-12/h2-3,6-7H,4-5,8-9H2,1H3,(H,17,23)(H,18,22)(H,20,21). The fourth-order valence-electron chi connectivity index (χ4n) is 3.19. The van der Waals surface area contributed by atoms with E-state index in [1.807, 2.05) is 0 Å². The van der Waals surface area contributed by atoms with E-state index in [9.17, 15) is 14.4 Å². The summed E-state index contributed by atoms with van der Waals surface area (Å²) in [5.41, 5.74) is -1.13. The van der Waals surface area contributed by atoms with Crippen molar-refractivity contribution in [2.75, 3.05) is 7.05 Å². The summed E-state index contributed by atoms with van der Waals surface area (Å²) in [4.78, 5) is 36.7. The number of likely N-dealkylation sites (N-methyl/N-ethyl adjacent to an activating group) is 1. The van der Waals surface area contributed by atoms with E-state index in [1.165, 1.54) is 0 Å². The van der Waals surface area contributed by atoms with E-state index in [0.29, 0.717) is 23.6 Å². The summed E-state index contributed by atoms with van der Waals surface area (Å²) in [6, 6.07) is 6.77. The van der Waals surface area contributed by atoms with Gasteiger partial charge in [-0.1, -0.05) is 31.0 Å². The van der Waals surface area contributed by atoms with Gasteiger partial charge in [0.15, 0.2) is 5.69 Å². The molecular formula is C16H18N4O3. The fraction of sp³-hybridized carbons (Fsp3) is 0.375. The van der Waals surface area contributed by atoms with E-state index in [0.717, 1.165) is 12.8 Å². The number of carbonyl (C=O) groups is 2. The molecule has 1 heterocycles. The lowest BCUT2D eigenvalue weighted by atomic mass is 9.95. The van der Waals surface area contributed by atoms with Gasteiger partial charge >= 0.3 is 0 Å². The maximum absolute atomic E-state index is 12.7. The maximum Gasteiger partial charge on any atom is 0.273 e. The molecule has 120 valence electrons. The molecule has 1 fully saturated rings. The second-order valence-corrected chi connectivity index (χ2v) is 5.77. The minimum absolute atomic E-state index is 0.121. The molecule has 1 aromatic carbocycles. The van der Waals surface area contributed by atoms with E-state index in [-0.39, 0.29) is 17.2 Å². The molecule has 0 spiro atoms. The van der Waals surface area contributed by atoms with E-state index in [1.54, 1.807) is 31.3 Å². The largest absolute Gasteiger partial charge is 0.357 e. The van der Waals surface area contributed by atoms with Crippen molar-refractivity contribution < 1.29 is 9.59 Å². The minimum Gasteiger partial charge on any atom is -0.357 e. The smallest absolute Gasteiger partial charge is 0.273 e. The Balaban J connectivity index is 1.99. The molecule has 23 heavy (non-hydrogen) atoms. The summed E-state index contributed by atoms with van der Waals surface area (Å²) in [5, 5.41) is 12.5. The number of hydrogen-bond donors (Lipinski definition) is 3. The first-order valence-corrected chi connectivity index (χ1v) is 7.59. The molecular weight excluding hydrogens is 296 g/mol. The Bertz CT molecular complexity index is 821. The third-order valence-corrected chi connectivity index (χ3v) is 4.38. The first kappa shape index (κ1) is 15.2. The monoisotopic (exact) mass is 314 g/mol. The van der Waals surface area contributed by atoms with Crippen LogP contribution in [0.5, 0.6) is 0 Å². The van der Waals surface area contributed by atoms with Gasteiger partial charge in [0.1, 0.15) is 5.54 Å². The lowest BCUT2D eigenvalue weighted by Crippen LogP contribution is -2.56. The van der Waals surface area contributed by atoms with Gasteiger partial charge in [0, 0.05) is 12.4 Å². The van der Waals surface area contributed by atoms with Crippen molar-refractivity contribution in [2.45, 2.75) is 31.2 Å². The summed E-state index contributed by atoms with van der Waals surface area (Å²) in [6.45, 7) is 0. The first-order valence-electron chi connectivity index (χ1n) is 7.59. The average Bonchev–Trinajstić information content (AvgIpc) is 3.04. The molecule has 1 saturated carbocycles. The predicted octanol–water partition coefficient (Wildman–Crippen LogP) is 0.712. The minimum atomic E-state index is -0.898. The third-order valence-electron chi connectivity index (χ3n) is 4.38. The summed E-state index contributed by atoms with van der Waals surface area (Å²) >= 11 is 0. The van der Waals surface area contributed by atoms with Crippen LogP contribution >= 0.6 is 0 Å². The second kappa shape index (κ2) is 5.83. The van der Waals surface area contributed by atoms with Crippen molar-refractivity contribution in [3.05, 3.63) is 40.3 Å². The highest BCUT2D eigenvalue weighted by molar-refractivity contribution is 6.06. The Labute approximate surface area is 132 Å². The van der Waals surface area contributed by atoms with E-state index in [2.05, 4.69) is 20.8 Å². The zero-order chi connectivity index (χ0) is 16.4. The zero-order valence-electron chi connectivity index (χ0n) is 12.8. The van der Waals surface area contributed by atoms with Gasteiger partial charge in [-0.3, -0.25) is 14.4 Å². The van der Waals surface area contributed by atoms with Crippen molar-refractivity contribution >= 4 is 22.6 Å². The van der Waals surface area contributed by atoms with E-state index in [4.69, 9.17) is 0 Å². The number of rotatable bonds is 3. The Kier molecular flexibility index (Phi) is 3.85. The van der Waals surface area contributed by atoms with Crippen LogP contribution in [-0.2, 0) is 4.79 Å². The van der Waals surface area contributed by atoms with Crippen molar-refractivity contribution in [2.24, 2.45) is 0 Å². The summed E-state index contributed by atoms with van der Waals surface area (Å²) in [6.07, 6.45) is 2.96. The molecule has 0 saturated heterocycles. The van der Waals surface area contributed by atoms with Crippen molar-refractivity contribution in [1.82, 2.24) is 20.8 Å². The number of nitrogens with zero attached hydrogens (tertiary/aromatic N) is 1. The quantitative estimate of drug-likeness (QED) is 0.776. The topological polar surface area (TPSA) is 104 Å². The van der Waals surface area contributed by atoms with Crippen molar-refractivity contribution in [3.8, 4) is 0 Å². The molecule has 2 amide bonds. The van der Waals surface area contributed by atoms with Gasteiger partial charge in [-0.15, -0.1) is 0 Å². The van der Waals surface area contributed by atoms with Crippen molar-refractivity contribution in [1.29, 1.82) is 0 Å². The summed E-state index contributed by atoms with van der Waals surface area (Å²) < 4.78 is 0. The lowest BCUT2D eigenvalue weighted by Gasteiger charge is -2.28. The van der Waals surface area contributed by atoms with E-state index < -0.39 is 11.4 Å². The Hall–Kier alpha value is -2.70. The average molecular weight is 314 g/mol. The molecule has 0 radical (unpaired) electrons. The molecule has 0 unspecified atom stereocenters. The normalized spacial score (nSPS) is 16.2. The molecule has 7 heteroatoms. The molecule has 2 aromatic rings. The van der Waals surface area contributed by atoms with E-state index >= 15 is 0 Å². The van der Waals surface area contributed by atoms with Gasteiger partial charge in [0.05, 0.1) is 5.39 Å². The van der Waals surface area contributed by atoms with Crippen LogP contribution in [0, 0.1) is 0 Å². The van der Waals surface area contributed by atoms with Crippen LogP contribution in [0.25, 0.3) is 10.8 Å². The van der Waals surface area contributed by atoms with Gasteiger partial charge < -0.3 is 10.6 Å². The lowest BCUT2D eigenvalue weighted by molar-refractivity contribution is -0.126. The van der Waals surface area contributed by atoms with Gasteiger partial charge in [0.25, 0.3) is 11.5 Å². The number of fused-ring (bicyclic) bond motifs is 1. The SMILES string of the molecule is CNC(=O)C1(NC(=O)c2n[nH]c(=O)c3ccccc23)CCCC1. The molecule has 3 rings (SSSR count). The molecule has 0 atom stereocenters. The van der Waals surface area contributed by atoms with Crippen molar-refractivity contribution in [3.63, 3.8) is 0 Å². The predicted molar refractivity (Wildman–Crippen MR) is 85.1 cm³/mol. The highest BCUT2D eigenvalue weighted by Gasteiger charge is 2.42. The number of nitrogens with one attached hydrogen (secondary N) is 3. The molecule has 0 aliphatic heterocycles. The molecule has 3 N–H and O–H groups in total. The Morgan fingerprint density at radius 3 is 2.48 bits per heavy atom. The van der Waals surface area contributed by atoms with Crippen LogP contribution in [-0.4, -0.2) is 34.6 Å². The molecule has 1 aliphatic carbocycles. The zero-order valence-corrected chi connectivity index (χ0v) is 12.8. The van der Waals surface area contributed by atoms with Crippen LogP contribution in [0.4, 0.5) is 0 Å². The highest BCUT2D eigenvalue weighted by Crippen LogP contribution is 2.30. The van der Waals surface area contributed by atoms with Gasteiger partial charge in [-0.05, 0) is 18.9 Å². The number of amides is 2. The Morgan fingerprint density at radius 1 is 1.17 bits per heavy atom. The maximum atomic E-state index is 12.7. The Morgan fingerprint density at radius 2 is 1.83 bits per heavy atom. The second-order valence-electron chi connectivity index (χ2n) is 5.77. The fourth-order valence-corrected chi connectivity index (χ4v) is 3.19. The summed E-state index contributed by atoms with van der Waals surface area (Å²) in [7, 11) is 1.56. The molecule has 7 nitrogen and oxygen atoms in total. The van der Waals surface area contributed by atoms with Crippen LogP contribution in [0.3, 0.4) is 0 Å². The van der Waals surface area contributed by atoms with Crippen LogP contribution in [0.1, 0.15) is 36.2 Å². The van der Waals surface area contributed by atoms with Gasteiger partial charge in [-0.2, -0.15) is 5.10 Å². The first-order chi connectivity index (χ1) is 11.1. The van der Waals surface area contributed by atoms with Gasteiger partial charge in [-0.25, -0.2) is 5.10 Å². The molecule has 1 aromatic heterocycles. The number of aromatic nitrogens is 2. The number of carbonyl (C=O) groups excluding carboxylic acids is 2. The van der Waals surface area contributed by atoms with Gasteiger partial charge in [0.2, 0.25) is 5.91 Å². The van der Waals surface area contributed by atoms with Crippen LogP contribution in [0.2, 0.25) is 0 Å². The highest BCUT2D eigenvalue weighted by atomic mass is 16.2. The summed E-state index contributed by atoms with van der Waals surface area (Å²) in [5.74, 6) is -0.653. The number of aromatic amines is 1.